The smallest absolute Gasteiger partial charge is 0.303 e. The van der Waals surface area contributed by atoms with E-state index in [4.69, 9.17) is 23.7 Å². The van der Waals surface area contributed by atoms with E-state index in [0.29, 0.717) is 5.75 Å². The number of esters is 3. The highest BCUT2D eigenvalue weighted by molar-refractivity contribution is 5.73. The Balaban J connectivity index is 2.42. The number of ether oxygens (including phenoxy) is 5. The largest absolute Gasteiger partial charge is 0.463 e. The number of nitrogens with one attached hydrogen (secondary N) is 1. The van der Waals surface area contributed by atoms with E-state index in [1.807, 2.05) is 0 Å². The molecule has 1 aliphatic heterocycles. The quantitative estimate of drug-likeness (QED) is 0.498. The molecule has 30 heavy (non-hydrogen) atoms. The summed E-state index contributed by atoms with van der Waals surface area (Å²) >= 11 is 0. The van der Waals surface area contributed by atoms with Crippen LogP contribution >= 0.6 is 0 Å². The van der Waals surface area contributed by atoms with Crippen LogP contribution in [0, 0.1) is 0 Å². The van der Waals surface area contributed by atoms with Gasteiger partial charge in [0.05, 0.1) is 0 Å². The molecule has 1 N–H and O–H groups in total. The van der Waals surface area contributed by atoms with E-state index in [-0.39, 0.29) is 6.61 Å². The summed E-state index contributed by atoms with van der Waals surface area (Å²) in [4.78, 5) is 46.6. The number of rotatable bonds is 7. The van der Waals surface area contributed by atoms with Gasteiger partial charge in [-0.2, -0.15) is 0 Å². The molecule has 1 aromatic carbocycles. The monoisotopic (exact) mass is 423 g/mol. The summed E-state index contributed by atoms with van der Waals surface area (Å²) in [5, 5.41) is 2.63. The van der Waals surface area contributed by atoms with Crippen LogP contribution in [-0.4, -0.2) is 61.1 Å². The van der Waals surface area contributed by atoms with Gasteiger partial charge in [0, 0.05) is 27.7 Å². The minimum atomic E-state index is -1.15. The molecule has 164 valence electrons. The predicted molar refractivity (Wildman–Crippen MR) is 101 cm³/mol. The first kappa shape index (κ1) is 23.1. The van der Waals surface area contributed by atoms with Crippen LogP contribution in [0.4, 0.5) is 0 Å². The van der Waals surface area contributed by atoms with Crippen molar-refractivity contribution < 1.29 is 42.9 Å². The lowest BCUT2D eigenvalue weighted by Crippen LogP contribution is -2.67. The SMILES string of the molecule is CC(=O)N[C@H]1[C@@H](Oc2ccccc2)O[C@@H](COC(C)=O)[C@@H](OC(C)=O)[C@H]1OC(C)=O. The number of amides is 1. The van der Waals surface area contributed by atoms with Crippen LogP contribution in [0.5, 0.6) is 5.75 Å². The van der Waals surface area contributed by atoms with E-state index in [9.17, 15) is 19.2 Å². The molecule has 0 aromatic heterocycles. The summed E-state index contributed by atoms with van der Waals surface area (Å²) in [6.45, 7) is 4.56. The van der Waals surface area contributed by atoms with Crippen molar-refractivity contribution in [3.05, 3.63) is 30.3 Å². The maximum absolute atomic E-state index is 11.8. The van der Waals surface area contributed by atoms with Crippen LogP contribution in [0.3, 0.4) is 0 Å². The molecule has 10 nitrogen and oxygen atoms in total. The molecule has 0 spiro atoms. The summed E-state index contributed by atoms with van der Waals surface area (Å²) in [5.74, 6) is -1.93. The Labute approximate surface area is 173 Å². The summed E-state index contributed by atoms with van der Waals surface area (Å²) < 4.78 is 27.5. The van der Waals surface area contributed by atoms with Crippen molar-refractivity contribution in [3.63, 3.8) is 0 Å². The van der Waals surface area contributed by atoms with Gasteiger partial charge in [0.2, 0.25) is 12.2 Å². The molecule has 10 heteroatoms. The number of carbonyl (C=O) groups excluding carboxylic acids is 4. The summed E-state index contributed by atoms with van der Waals surface area (Å²) in [6.07, 6.45) is -4.45. The number of carbonyl (C=O) groups is 4. The number of benzene rings is 1. The highest BCUT2D eigenvalue weighted by Gasteiger charge is 2.51. The van der Waals surface area contributed by atoms with Crippen LogP contribution in [0.15, 0.2) is 30.3 Å². The number of hydrogen-bond acceptors (Lipinski definition) is 9. The summed E-state index contributed by atoms with van der Waals surface area (Å²) in [6, 6.07) is 7.62. The molecule has 1 fully saturated rings. The first-order chi connectivity index (χ1) is 14.2. The molecule has 0 saturated carbocycles. The Kier molecular flexibility index (Phi) is 8.16. The van der Waals surface area contributed by atoms with E-state index in [1.54, 1.807) is 30.3 Å². The molecule has 0 aliphatic carbocycles. The molecule has 1 aliphatic rings. The molecule has 0 bridgehead atoms. The zero-order chi connectivity index (χ0) is 22.3. The van der Waals surface area contributed by atoms with Gasteiger partial charge in [-0.15, -0.1) is 0 Å². The second kappa shape index (κ2) is 10.6. The minimum Gasteiger partial charge on any atom is -0.463 e. The topological polar surface area (TPSA) is 126 Å². The molecular formula is C20H25NO9. The van der Waals surface area contributed by atoms with Gasteiger partial charge in [-0.05, 0) is 12.1 Å². The fourth-order valence-electron chi connectivity index (χ4n) is 3.02. The highest BCUT2D eigenvalue weighted by atomic mass is 16.7. The van der Waals surface area contributed by atoms with E-state index in [2.05, 4.69) is 5.32 Å². The molecular weight excluding hydrogens is 398 g/mol. The highest BCUT2D eigenvalue weighted by Crippen LogP contribution is 2.29. The molecule has 1 aromatic rings. The Morgan fingerprint density at radius 1 is 0.900 bits per heavy atom. The van der Waals surface area contributed by atoms with Gasteiger partial charge >= 0.3 is 17.9 Å². The third-order valence-corrected chi connectivity index (χ3v) is 4.07. The molecule has 1 saturated heterocycles. The normalized spacial score (nSPS) is 25.5. The maximum atomic E-state index is 11.8. The molecule has 5 atom stereocenters. The third kappa shape index (κ3) is 6.73. The fraction of sp³-hybridized carbons (Fsp3) is 0.500. The standard InChI is InChI=1S/C20H25NO9/c1-11(22)21-17-19(28-14(4)25)18(27-13(3)24)16(10-26-12(2)23)30-20(17)29-15-8-6-5-7-9-15/h5-9,16-20H,10H2,1-4H3,(H,21,22)/t16-,17+,18+,19-,20-/m0/s1. The van der Waals surface area contributed by atoms with Crippen molar-refractivity contribution in [1.29, 1.82) is 0 Å². The molecule has 0 radical (unpaired) electrons. The third-order valence-electron chi connectivity index (χ3n) is 4.07. The fourth-order valence-corrected chi connectivity index (χ4v) is 3.02. The van der Waals surface area contributed by atoms with Crippen molar-refractivity contribution in [1.82, 2.24) is 5.32 Å². The molecule has 1 amide bonds. The lowest BCUT2D eigenvalue weighted by Gasteiger charge is -2.44. The van der Waals surface area contributed by atoms with Crippen LogP contribution in [0.25, 0.3) is 0 Å². The number of hydrogen-bond donors (Lipinski definition) is 1. The average Bonchev–Trinajstić information content (AvgIpc) is 2.64. The summed E-state index contributed by atoms with van der Waals surface area (Å²) in [5.41, 5.74) is 0. The van der Waals surface area contributed by atoms with Crippen molar-refractivity contribution in [2.24, 2.45) is 0 Å². The van der Waals surface area contributed by atoms with Crippen molar-refractivity contribution in [2.45, 2.75) is 58.3 Å². The van der Waals surface area contributed by atoms with Crippen molar-refractivity contribution in [3.8, 4) is 5.75 Å². The van der Waals surface area contributed by atoms with E-state index >= 15 is 0 Å². The van der Waals surface area contributed by atoms with E-state index in [1.165, 1.54) is 27.7 Å². The average molecular weight is 423 g/mol. The van der Waals surface area contributed by atoms with Crippen molar-refractivity contribution in [2.75, 3.05) is 6.61 Å². The Morgan fingerprint density at radius 2 is 1.50 bits per heavy atom. The van der Waals surface area contributed by atoms with Crippen LogP contribution in [-0.2, 0) is 38.1 Å². The maximum Gasteiger partial charge on any atom is 0.303 e. The predicted octanol–water partition coefficient (Wildman–Crippen LogP) is 0.721. The van der Waals surface area contributed by atoms with Gasteiger partial charge in [-0.3, -0.25) is 19.2 Å². The summed E-state index contributed by atoms with van der Waals surface area (Å²) in [7, 11) is 0. The zero-order valence-electron chi connectivity index (χ0n) is 17.2. The molecule has 0 unspecified atom stereocenters. The van der Waals surface area contributed by atoms with Gasteiger partial charge in [0.1, 0.15) is 24.5 Å². The Hall–Kier alpha value is -3.14. The lowest BCUT2D eigenvalue weighted by molar-refractivity contribution is -0.257. The van der Waals surface area contributed by atoms with Gasteiger partial charge < -0.3 is 29.0 Å². The minimum absolute atomic E-state index is 0.285. The Morgan fingerprint density at radius 3 is 2.03 bits per heavy atom. The second-order valence-electron chi connectivity index (χ2n) is 6.65. The molecule has 2 rings (SSSR count). The van der Waals surface area contributed by atoms with Crippen LogP contribution < -0.4 is 10.1 Å². The zero-order valence-corrected chi connectivity index (χ0v) is 17.2. The molecule has 1 heterocycles. The van der Waals surface area contributed by atoms with Crippen LogP contribution in [0.2, 0.25) is 0 Å². The van der Waals surface area contributed by atoms with Gasteiger partial charge in [-0.1, -0.05) is 18.2 Å². The number of para-hydroxylation sites is 1. The van der Waals surface area contributed by atoms with Crippen LogP contribution in [0.1, 0.15) is 27.7 Å². The first-order valence-electron chi connectivity index (χ1n) is 9.29. The van der Waals surface area contributed by atoms with Crippen molar-refractivity contribution >= 4 is 23.8 Å². The van der Waals surface area contributed by atoms with Gasteiger partial charge in [0.25, 0.3) is 0 Å². The van der Waals surface area contributed by atoms with E-state index in [0.717, 1.165) is 0 Å². The Bertz CT molecular complexity index is 767. The van der Waals surface area contributed by atoms with E-state index < -0.39 is 54.5 Å². The van der Waals surface area contributed by atoms with Gasteiger partial charge in [-0.25, -0.2) is 0 Å². The first-order valence-corrected chi connectivity index (χ1v) is 9.29. The second-order valence-corrected chi connectivity index (χ2v) is 6.65. The van der Waals surface area contributed by atoms with Gasteiger partial charge in [0.15, 0.2) is 12.2 Å². The lowest BCUT2D eigenvalue weighted by atomic mass is 9.96.